The monoisotopic (exact) mass is 147 g/mol. The quantitative estimate of drug-likeness (QED) is 0.664. The van der Waals surface area contributed by atoms with Crippen LogP contribution in [0, 0.1) is 0 Å². The number of aromatic amines is 1. The zero-order chi connectivity index (χ0) is 7.68. The van der Waals surface area contributed by atoms with Crippen molar-refractivity contribution in [1.82, 2.24) is 15.2 Å². The van der Waals surface area contributed by atoms with E-state index in [0.29, 0.717) is 0 Å². The lowest BCUT2D eigenvalue weighted by atomic mass is 10.3. The highest BCUT2D eigenvalue weighted by atomic mass is 15.1. The summed E-state index contributed by atoms with van der Waals surface area (Å²) < 4.78 is 0. The van der Waals surface area contributed by atoms with Gasteiger partial charge in [-0.2, -0.15) is 5.10 Å². The van der Waals surface area contributed by atoms with Crippen LogP contribution in [0.2, 0.25) is 0 Å². The van der Waals surface area contributed by atoms with Crippen molar-refractivity contribution in [2.75, 3.05) is 0 Å². The van der Waals surface area contributed by atoms with Crippen LogP contribution in [0.5, 0.6) is 0 Å². The highest BCUT2D eigenvalue weighted by molar-refractivity contribution is 5.74. The van der Waals surface area contributed by atoms with Crippen molar-refractivity contribution in [3.8, 4) is 0 Å². The molecule has 0 fully saturated rings. The third kappa shape index (κ3) is 0.981. The van der Waals surface area contributed by atoms with Crippen LogP contribution in [-0.2, 0) is 6.42 Å². The normalized spacial score (nSPS) is 10.6. The Balaban J connectivity index is 2.67. The largest absolute Gasteiger partial charge is 0.345 e. The maximum absolute atomic E-state index is 4.02. The van der Waals surface area contributed by atoms with Gasteiger partial charge in [0.25, 0.3) is 0 Å². The zero-order valence-corrected chi connectivity index (χ0v) is 6.33. The number of nitrogens with zero attached hydrogens (tertiary/aromatic N) is 2. The Bertz CT molecular complexity index is 364. The van der Waals surface area contributed by atoms with Crippen molar-refractivity contribution in [3.63, 3.8) is 0 Å². The number of rotatable bonds is 1. The van der Waals surface area contributed by atoms with E-state index in [9.17, 15) is 0 Å². The first-order valence-electron chi connectivity index (χ1n) is 3.70. The van der Waals surface area contributed by atoms with Crippen molar-refractivity contribution in [1.29, 1.82) is 0 Å². The lowest BCUT2D eigenvalue weighted by molar-refractivity contribution is 0.939. The predicted octanol–water partition coefficient (Wildman–Crippen LogP) is 1.52. The van der Waals surface area contributed by atoms with Gasteiger partial charge < -0.3 is 4.98 Å². The molecule has 0 saturated heterocycles. The first-order chi connectivity index (χ1) is 5.40. The summed E-state index contributed by atoms with van der Waals surface area (Å²) in [6.07, 6.45) is 2.81. The van der Waals surface area contributed by atoms with Crippen LogP contribution in [0.25, 0.3) is 11.0 Å². The van der Waals surface area contributed by atoms with E-state index in [4.69, 9.17) is 0 Å². The Kier molecular flexibility index (Phi) is 1.35. The van der Waals surface area contributed by atoms with Gasteiger partial charge in [0, 0.05) is 11.6 Å². The van der Waals surface area contributed by atoms with E-state index in [1.807, 2.05) is 12.3 Å². The molecule has 0 aromatic carbocycles. The van der Waals surface area contributed by atoms with Crippen LogP contribution < -0.4 is 0 Å². The van der Waals surface area contributed by atoms with Gasteiger partial charge in [-0.15, -0.1) is 5.10 Å². The molecule has 11 heavy (non-hydrogen) atoms. The molecule has 0 aliphatic heterocycles. The van der Waals surface area contributed by atoms with Crippen LogP contribution in [0.3, 0.4) is 0 Å². The SMILES string of the molecule is CCc1cc2cc[nH]c2nn1. The van der Waals surface area contributed by atoms with E-state index in [-0.39, 0.29) is 0 Å². The summed E-state index contributed by atoms with van der Waals surface area (Å²) >= 11 is 0. The molecule has 56 valence electrons. The molecule has 0 aliphatic carbocycles. The highest BCUT2D eigenvalue weighted by Crippen LogP contribution is 2.08. The van der Waals surface area contributed by atoms with E-state index < -0.39 is 0 Å². The molecule has 0 radical (unpaired) electrons. The van der Waals surface area contributed by atoms with Gasteiger partial charge in [-0.3, -0.25) is 0 Å². The Morgan fingerprint density at radius 2 is 2.36 bits per heavy atom. The Morgan fingerprint density at radius 3 is 3.18 bits per heavy atom. The number of H-pyrrole nitrogens is 1. The van der Waals surface area contributed by atoms with Crippen molar-refractivity contribution in [2.45, 2.75) is 13.3 Å². The van der Waals surface area contributed by atoms with Crippen molar-refractivity contribution in [2.24, 2.45) is 0 Å². The topological polar surface area (TPSA) is 41.6 Å². The first-order valence-corrected chi connectivity index (χ1v) is 3.70. The molecule has 0 unspecified atom stereocenters. The summed E-state index contributed by atoms with van der Waals surface area (Å²) in [6.45, 7) is 2.07. The van der Waals surface area contributed by atoms with E-state index in [0.717, 1.165) is 23.1 Å². The van der Waals surface area contributed by atoms with Crippen LogP contribution in [0.15, 0.2) is 18.3 Å². The maximum Gasteiger partial charge on any atom is 0.159 e. The fourth-order valence-corrected chi connectivity index (χ4v) is 1.07. The average Bonchev–Trinajstić information content (AvgIpc) is 2.50. The Hall–Kier alpha value is -1.38. The molecule has 0 spiro atoms. The molecule has 2 rings (SSSR count). The van der Waals surface area contributed by atoms with E-state index in [2.05, 4.69) is 28.2 Å². The van der Waals surface area contributed by atoms with Crippen LogP contribution in [0.4, 0.5) is 0 Å². The average molecular weight is 147 g/mol. The number of hydrogen-bond donors (Lipinski definition) is 1. The molecule has 3 heteroatoms. The molecule has 0 bridgehead atoms. The van der Waals surface area contributed by atoms with Gasteiger partial charge in [0.2, 0.25) is 0 Å². The van der Waals surface area contributed by atoms with Gasteiger partial charge >= 0.3 is 0 Å². The highest BCUT2D eigenvalue weighted by Gasteiger charge is 1.96. The fraction of sp³-hybridized carbons (Fsp3) is 0.250. The molecule has 0 saturated carbocycles. The van der Waals surface area contributed by atoms with Gasteiger partial charge in [0.1, 0.15) is 0 Å². The molecular weight excluding hydrogens is 138 g/mol. The second-order valence-electron chi connectivity index (χ2n) is 2.47. The molecule has 1 N–H and O–H groups in total. The van der Waals surface area contributed by atoms with Gasteiger partial charge in [-0.25, -0.2) is 0 Å². The maximum atomic E-state index is 4.02. The summed E-state index contributed by atoms with van der Waals surface area (Å²) in [7, 11) is 0. The number of aromatic nitrogens is 3. The molecule has 0 atom stereocenters. The number of nitrogens with one attached hydrogen (secondary N) is 1. The van der Waals surface area contributed by atoms with Crippen molar-refractivity contribution >= 4 is 11.0 Å². The number of hydrogen-bond acceptors (Lipinski definition) is 2. The van der Waals surface area contributed by atoms with Crippen LogP contribution in [0.1, 0.15) is 12.6 Å². The molecule has 2 heterocycles. The Morgan fingerprint density at radius 1 is 1.45 bits per heavy atom. The smallest absolute Gasteiger partial charge is 0.159 e. The fourth-order valence-electron chi connectivity index (χ4n) is 1.07. The van der Waals surface area contributed by atoms with Gasteiger partial charge in [0.15, 0.2) is 5.65 Å². The lowest BCUT2D eigenvalue weighted by Crippen LogP contribution is -1.89. The summed E-state index contributed by atoms with van der Waals surface area (Å²) in [5, 5.41) is 9.16. The third-order valence-corrected chi connectivity index (χ3v) is 1.72. The number of fused-ring (bicyclic) bond motifs is 1. The molecule has 0 amide bonds. The molecular formula is C8H9N3. The Labute approximate surface area is 64.5 Å². The van der Waals surface area contributed by atoms with E-state index in [1.165, 1.54) is 0 Å². The minimum Gasteiger partial charge on any atom is -0.345 e. The van der Waals surface area contributed by atoms with E-state index >= 15 is 0 Å². The first kappa shape index (κ1) is 6.34. The second-order valence-corrected chi connectivity index (χ2v) is 2.47. The van der Waals surface area contributed by atoms with Gasteiger partial charge in [-0.1, -0.05) is 6.92 Å². The molecule has 0 aliphatic rings. The minimum atomic E-state index is 0.863. The van der Waals surface area contributed by atoms with Gasteiger partial charge in [-0.05, 0) is 18.6 Å². The summed E-state index contributed by atoms with van der Waals surface area (Å²) in [4.78, 5) is 3.00. The van der Waals surface area contributed by atoms with Crippen molar-refractivity contribution < 1.29 is 0 Å². The lowest BCUT2D eigenvalue weighted by Gasteiger charge is -1.92. The summed E-state index contributed by atoms with van der Waals surface area (Å²) in [5.74, 6) is 0. The zero-order valence-electron chi connectivity index (χ0n) is 6.33. The summed E-state index contributed by atoms with van der Waals surface area (Å²) in [6, 6.07) is 4.06. The second kappa shape index (κ2) is 2.34. The van der Waals surface area contributed by atoms with Crippen molar-refractivity contribution in [3.05, 3.63) is 24.0 Å². The minimum absolute atomic E-state index is 0.863. The van der Waals surface area contributed by atoms with E-state index in [1.54, 1.807) is 0 Å². The number of aryl methyl sites for hydroxylation is 1. The third-order valence-electron chi connectivity index (χ3n) is 1.72. The van der Waals surface area contributed by atoms with Gasteiger partial charge in [0.05, 0.1) is 5.69 Å². The molecule has 2 aromatic rings. The molecule has 2 aromatic heterocycles. The van der Waals surface area contributed by atoms with Crippen LogP contribution in [-0.4, -0.2) is 15.2 Å². The predicted molar refractivity (Wildman–Crippen MR) is 43.3 cm³/mol. The standard InChI is InChI=1S/C8H9N3/c1-2-7-5-6-3-4-9-8(6)11-10-7/h3-5H,2H2,1H3,(H,9,11). The molecule has 3 nitrogen and oxygen atoms in total. The summed E-state index contributed by atoms with van der Waals surface area (Å²) in [5.41, 5.74) is 1.90. The van der Waals surface area contributed by atoms with Crippen LogP contribution >= 0.6 is 0 Å².